The van der Waals surface area contributed by atoms with Gasteiger partial charge in [-0.1, -0.05) is 59.7 Å². The summed E-state index contributed by atoms with van der Waals surface area (Å²) in [5.74, 6) is 14.4. The molecule has 0 bridgehead atoms. The monoisotopic (exact) mass is 682 g/mol. The molecule has 0 aliphatic carbocycles. The molecule has 0 aliphatic heterocycles. The van der Waals surface area contributed by atoms with Crippen molar-refractivity contribution in [3.63, 3.8) is 0 Å². The molecule has 0 aliphatic rings. The Morgan fingerprint density at radius 3 is 1.16 bits per heavy atom. The maximum Gasteiger partial charge on any atom is 0.312 e. The molecule has 6 rings (SSSR count). The highest BCUT2D eigenvalue weighted by Gasteiger charge is 2.23. The molecule has 0 spiro atoms. The minimum absolute atomic E-state index is 0. The summed E-state index contributed by atoms with van der Waals surface area (Å²) in [5.41, 5.74) is 9.10. The van der Waals surface area contributed by atoms with E-state index >= 15 is 0 Å². The van der Waals surface area contributed by atoms with Crippen LogP contribution in [0.15, 0.2) is 97.1 Å². The van der Waals surface area contributed by atoms with Crippen molar-refractivity contribution in [3.8, 4) is 22.8 Å². The van der Waals surface area contributed by atoms with Crippen molar-refractivity contribution in [2.45, 2.75) is 13.8 Å². The first-order valence-corrected chi connectivity index (χ1v) is 12.0. The van der Waals surface area contributed by atoms with E-state index in [2.05, 4.69) is 83.6 Å². The maximum atomic E-state index is 6.21. The van der Waals surface area contributed by atoms with E-state index in [1.165, 1.54) is 11.1 Å². The van der Waals surface area contributed by atoms with Crippen molar-refractivity contribution in [2.24, 2.45) is 14.1 Å². The van der Waals surface area contributed by atoms with Crippen molar-refractivity contribution in [1.82, 2.24) is 9.35 Å². The second-order valence-corrected chi connectivity index (χ2v) is 9.21. The molecule has 2 heterocycles. The molecule has 0 atom stereocenters. The molecule has 4 aromatic carbocycles. The highest BCUT2D eigenvalue weighted by atomic mass is 127. The molecule has 196 valence electrons. The zero-order valence-electron chi connectivity index (χ0n) is 21.9. The highest BCUT2D eigenvalue weighted by Crippen LogP contribution is 2.22. The lowest BCUT2D eigenvalue weighted by Crippen LogP contribution is -3.00. The lowest BCUT2D eigenvalue weighted by molar-refractivity contribution is -0.634. The van der Waals surface area contributed by atoms with E-state index in [1.807, 2.05) is 50.5 Å². The van der Waals surface area contributed by atoms with Crippen LogP contribution in [0.25, 0.3) is 44.8 Å². The summed E-state index contributed by atoms with van der Waals surface area (Å²) in [5, 5.41) is 0. The molecule has 6 aromatic rings. The van der Waals surface area contributed by atoms with Crippen LogP contribution in [0, 0.1) is 13.8 Å². The van der Waals surface area contributed by atoms with Gasteiger partial charge < -0.3 is 41.0 Å². The van der Waals surface area contributed by atoms with Gasteiger partial charge in [0.2, 0.25) is 0 Å². The van der Waals surface area contributed by atoms with Gasteiger partial charge >= 0.3 is 11.6 Å². The maximum absolute atomic E-state index is 6.21. The number of aryl methyl sites for hydroxylation is 4. The van der Waals surface area contributed by atoms with Crippen LogP contribution in [0.2, 0.25) is 0 Å². The van der Waals surface area contributed by atoms with Gasteiger partial charge in [-0.2, -0.15) is 0 Å². The van der Waals surface area contributed by atoms with Gasteiger partial charge in [0.1, 0.15) is 0 Å². The Kier molecular flexibility index (Phi) is 9.22. The Morgan fingerprint density at radius 2 is 0.842 bits per heavy atom. The smallest absolute Gasteiger partial charge is 0.312 e. The highest BCUT2D eigenvalue weighted by molar-refractivity contribution is 5.77. The molecule has 0 saturated heterocycles. The normalized spacial score (nSPS) is 10.4. The number of hydrogen-bond donors (Lipinski definition) is 2. The van der Waals surface area contributed by atoms with Gasteiger partial charge in [-0.25, -0.2) is 9.13 Å². The van der Waals surface area contributed by atoms with Crippen molar-refractivity contribution in [2.75, 3.05) is 11.7 Å². The number of nitrogen functional groups attached to an aromatic ring is 2. The van der Waals surface area contributed by atoms with Crippen LogP contribution >= 0.6 is 0 Å². The predicted octanol–water partition coefficient (Wildman–Crippen LogP) is -1.68. The third-order valence-electron chi connectivity index (χ3n) is 6.72. The van der Waals surface area contributed by atoms with E-state index in [0.717, 1.165) is 44.8 Å². The molecule has 38 heavy (non-hydrogen) atoms. The Morgan fingerprint density at radius 1 is 0.526 bits per heavy atom. The summed E-state index contributed by atoms with van der Waals surface area (Å²) < 4.78 is 7.75. The van der Waals surface area contributed by atoms with Crippen LogP contribution in [0.3, 0.4) is 0 Å². The van der Waals surface area contributed by atoms with Gasteiger partial charge in [0, 0.05) is 0 Å². The quantitative estimate of drug-likeness (QED) is 0.130. The topological polar surface area (TPSA) is 69.7 Å². The van der Waals surface area contributed by atoms with Gasteiger partial charge in [0.25, 0.3) is 0 Å². The van der Waals surface area contributed by atoms with Crippen LogP contribution in [-0.4, -0.2) is 9.35 Å². The SMILES string of the molecule is Cc1ccc(-c2n(N)c3ccccc3[n+]2C)cc1.Cc1ccc(-c2n(N)c3ccccc3[n+]2C)cc1.[Br-].[I-]. The minimum atomic E-state index is 0. The predicted molar refractivity (Wildman–Crippen MR) is 147 cm³/mol. The molecule has 6 nitrogen and oxygen atoms in total. The molecule has 0 fully saturated rings. The number of para-hydroxylation sites is 4. The molecular weight excluding hydrogens is 651 g/mol. The molecule has 2 aromatic heterocycles. The van der Waals surface area contributed by atoms with E-state index in [4.69, 9.17) is 11.7 Å². The fourth-order valence-electron chi connectivity index (χ4n) is 4.75. The first-order chi connectivity index (χ1) is 17.4. The second kappa shape index (κ2) is 12.0. The van der Waals surface area contributed by atoms with Gasteiger partial charge in [0.15, 0.2) is 22.1 Å². The van der Waals surface area contributed by atoms with E-state index < -0.39 is 0 Å². The van der Waals surface area contributed by atoms with Gasteiger partial charge in [0.05, 0.1) is 25.2 Å². The van der Waals surface area contributed by atoms with Crippen LogP contribution in [0.4, 0.5) is 0 Å². The average molecular weight is 683 g/mol. The van der Waals surface area contributed by atoms with Crippen LogP contribution < -0.4 is 61.8 Å². The number of aromatic nitrogens is 4. The number of fused-ring (bicyclic) bond motifs is 2. The molecule has 4 N–H and O–H groups in total. The number of halogens is 2. The molecule has 0 saturated carbocycles. The summed E-state index contributed by atoms with van der Waals surface area (Å²) >= 11 is 0. The van der Waals surface area contributed by atoms with E-state index in [0.29, 0.717) is 0 Å². The van der Waals surface area contributed by atoms with Gasteiger partial charge in [-0.05, 0) is 62.4 Å². The summed E-state index contributed by atoms with van der Waals surface area (Å²) in [6, 6.07) is 33.1. The van der Waals surface area contributed by atoms with Gasteiger partial charge in [-0.3, -0.25) is 11.7 Å². The van der Waals surface area contributed by atoms with Crippen LogP contribution in [0.1, 0.15) is 11.1 Å². The molecule has 0 radical (unpaired) electrons. The van der Waals surface area contributed by atoms with Crippen LogP contribution in [-0.2, 0) is 14.1 Å². The van der Waals surface area contributed by atoms with Crippen LogP contribution in [0.5, 0.6) is 0 Å². The third kappa shape index (κ3) is 5.28. The van der Waals surface area contributed by atoms with Crippen molar-refractivity contribution in [3.05, 3.63) is 108 Å². The zero-order valence-corrected chi connectivity index (χ0v) is 25.7. The molecular formula is C30H32BrIN6. The standard InChI is InChI=1S/2C15H16N3.BrH.HI/c2*1-11-7-9-12(10-8-11)15-17(2)13-5-3-4-6-14(13)18(15)16;;/h2*3-10H,16H2,1-2H3;2*1H/q2*+1;;/p-2. The molecule has 0 unspecified atom stereocenters. The molecule has 8 heteroatoms. The zero-order chi connectivity index (χ0) is 25.4. The summed E-state index contributed by atoms with van der Waals surface area (Å²) in [6.45, 7) is 4.17. The summed E-state index contributed by atoms with van der Waals surface area (Å²) in [4.78, 5) is 0. The number of imidazole rings is 2. The number of nitrogens with two attached hydrogens (primary N) is 2. The minimum Gasteiger partial charge on any atom is -1.00 e. The largest absolute Gasteiger partial charge is 1.00 e. The Hall–Kier alpha value is -3.37. The molecule has 0 amide bonds. The Balaban J connectivity index is 0.000000200. The fraction of sp³-hybridized carbons (Fsp3) is 0.133. The lowest BCUT2D eigenvalue weighted by Gasteiger charge is -1.99. The van der Waals surface area contributed by atoms with E-state index in [9.17, 15) is 0 Å². The van der Waals surface area contributed by atoms with Gasteiger partial charge in [-0.15, -0.1) is 9.35 Å². The van der Waals surface area contributed by atoms with E-state index in [-0.39, 0.29) is 41.0 Å². The van der Waals surface area contributed by atoms with Crippen molar-refractivity contribution in [1.29, 1.82) is 0 Å². The number of rotatable bonds is 2. The van der Waals surface area contributed by atoms with Crippen molar-refractivity contribution < 1.29 is 50.1 Å². The van der Waals surface area contributed by atoms with E-state index in [1.54, 1.807) is 9.35 Å². The number of benzene rings is 4. The number of nitrogens with zero attached hydrogens (tertiary/aromatic N) is 4. The average Bonchev–Trinajstić information content (AvgIpc) is 3.30. The van der Waals surface area contributed by atoms with Crippen molar-refractivity contribution >= 4 is 22.1 Å². The first-order valence-electron chi connectivity index (χ1n) is 12.0. The Bertz CT molecular complexity index is 1480. The fourth-order valence-corrected chi connectivity index (χ4v) is 4.75. The third-order valence-corrected chi connectivity index (χ3v) is 6.72. The summed E-state index contributed by atoms with van der Waals surface area (Å²) in [7, 11) is 4.09. The summed E-state index contributed by atoms with van der Waals surface area (Å²) in [6.07, 6.45) is 0. The second-order valence-electron chi connectivity index (χ2n) is 9.21. The number of hydrogen-bond acceptors (Lipinski definition) is 2. The first kappa shape index (κ1) is 29.2. The Labute approximate surface area is 250 Å². The lowest BCUT2D eigenvalue weighted by atomic mass is 10.1.